The minimum absolute atomic E-state index is 0. The minimum atomic E-state index is -3.57. The molecule has 0 aliphatic rings. The van der Waals surface area contributed by atoms with Gasteiger partial charge < -0.3 is 0 Å². The van der Waals surface area contributed by atoms with Crippen LogP contribution in [0.5, 0.6) is 0 Å². The number of hydrogen-bond donors (Lipinski definition) is 0. The van der Waals surface area contributed by atoms with Crippen molar-refractivity contribution in [1.82, 2.24) is 0 Å². The zero-order valence-corrected chi connectivity index (χ0v) is 16.0. The first-order valence-corrected chi connectivity index (χ1v) is 11.0. The SMILES string of the molecule is CCCCCCCCCCCCCCOS(=O)(=O)c1ccccc1.[CaH2]. The summed E-state index contributed by atoms with van der Waals surface area (Å²) in [6.45, 7) is 2.54. The van der Waals surface area contributed by atoms with E-state index in [4.69, 9.17) is 4.18 Å². The normalized spacial score (nSPS) is 11.2. The number of unbranched alkanes of at least 4 members (excludes halogenated alkanes) is 11. The van der Waals surface area contributed by atoms with Crippen molar-refractivity contribution in [3.8, 4) is 0 Å². The Balaban J connectivity index is 0.00000576. The van der Waals surface area contributed by atoms with E-state index < -0.39 is 10.1 Å². The zero-order chi connectivity index (χ0) is 17.5. The van der Waals surface area contributed by atoms with Gasteiger partial charge in [-0.2, -0.15) is 8.42 Å². The molecule has 0 atom stereocenters. The summed E-state index contributed by atoms with van der Waals surface area (Å²) in [6, 6.07) is 8.35. The molecule has 0 unspecified atom stereocenters. The molecule has 0 radical (unpaired) electrons. The van der Waals surface area contributed by atoms with E-state index in [2.05, 4.69) is 6.92 Å². The molecule has 0 saturated carbocycles. The molecule has 0 bridgehead atoms. The summed E-state index contributed by atoms with van der Waals surface area (Å²) in [7, 11) is -3.57. The van der Waals surface area contributed by atoms with Gasteiger partial charge in [-0.3, -0.25) is 4.18 Å². The van der Waals surface area contributed by atoms with E-state index in [1.54, 1.807) is 30.3 Å². The maximum atomic E-state index is 11.9. The van der Waals surface area contributed by atoms with E-state index in [1.807, 2.05) is 0 Å². The molecule has 25 heavy (non-hydrogen) atoms. The first kappa shape index (κ1) is 25.4. The quantitative estimate of drug-likeness (QED) is 0.233. The van der Waals surface area contributed by atoms with Crippen molar-refractivity contribution in [3.05, 3.63) is 30.3 Å². The topological polar surface area (TPSA) is 43.4 Å². The fourth-order valence-corrected chi connectivity index (χ4v) is 3.73. The molecule has 0 aliphatic heterocycles. The van der Waals surface area contributed by atoms with Gasteiger partial charge in [-0.05, 0) is 18.6 Å². The second-order valence-electron chi connectivity index (χ2n) is 6.48. The van der Waals surface area contributed by atoms with Gasteiger partial charge >= 0.3 is 37.7 Å². The van der Waals surface area contributed by atoms with Gasteiger partial charge in [-0.25, -0.2) is 0 Å². The summed E-state index contributed by atoms with van der Waals surface area (Å²) in [5.74, 6) is 0. The summed E-state index contributed by atoms with van der Waals surface area (Å²) in [4.78, 5) is 0.240. The van der Waals surface area contributed by atoms with Crippen LogP contribution in [0.25, 0.3) is 0 Å². The van der Waals surface area contributed by atoms with Crippen molar-refractivity contribution in [3.63, 3.8) is 0 Å². The van der Waals surface area contributed by atoms with Crippen molar-refractivity contribution in [2.45, 2.75) is 88.9 Å². The predicted molar refractivity (Wildman–Crippen MR) is 109 cm³/mol. The monoisotopic (exact) mass is 396 g/mol. The van der Waals surface area contributed by atoms with Gasteiger partial charge in [-0.15, -0.1) is 0 Å². The molecule has 0 N–H and O–H groups in total. The molecule has 1 aromatic rings. The standard InChI is InChI=1S/C20H34O3S.Ca.2H/c1-2-3-4-5-6-7-8-9-10-11-12-16-19-23-24(21,22)20-17-14-13-15-18-20;;;/h13-15,17-18H,2-12,16,19H2,1H3;;;. The van der Waals surface area contributed by atoms with Gasteiger partial charge in [0.05, 0.1) is 11.5 Å². The van der Waals surface area contributed by atoms with Crippen molar-refractivity contribution in [2.24, 2.45) is 0 Å². The third-order valence-electron chi connectivity index (χ3n) is 4.27. The number of hydrogen-bond acceptors (Lipinski definition) is 3. The fraction of sp³-hybridized carbons (Fsp3) is 0.700. The summed E-state index contributed by atoms with van der Waals surface area (Å²) in [5, 5.41) is 0. The predicted octanol–water partition coefficient (Wildman–Crippen LogP) is 5.18. The summed E-state index contributed by atoms with van der Waals surface area (Å²) in [5.41, 5.74) is 0. The first-order chi connectivity index (χ1) is 11.7. The molecule has 1 rings (SSSR count). The molecule has 0 aliphatic carbocycles. The molecule has 3 nitrogen and oxygen atoms in total. The van der Waals surface area contributed by atoms with Crippen molar-refractivity contribution in [2.75, 3.05) is 6.61 Å². The average molecular weight is 397 g/mol. The number of benzene rings is 1. The zero-order valence-electron chi connectivity index (χ0n) is 15.2. The van der Waals surface area contributed by atoms with Crippen LogP contribution in [0.4, 0.5) is 0 Å². The van der Waals surface area contributed by atoms with E-state index in [9.17, 15) is 8.42 Å². The summed E-state index contributed by atoms with van der Waals surface area (Å²) < 4.78 is 28.9. The Kier molecular flexibility index (Phi) is 16.8. The Morgan fingerprint density at radius 3 is 1.64 bits per heavy atom. The van der Waals surface area contributed by atoms with Crippen LogP contribution < -0.4 is 0 Å². The molecule has 5 heteroatoms. The second kappa shape index (κ2) is 16.6. The van der Waals surface area contributed by atoms with Crippen LogP contribution in [0.1, 0.15) is 84.0 Å². The van der Waals surface area contributed by atoms with Crippen LogP contribution in [0.2, 0.25) is 0 Å². The molecule has 0 spiro atoms. The van der Waals surface area contributed by atoms with Crippen LogP contribution >= 0.6 is 0 Å². The van der Waals surface area contributed by atoms with Gasteiger partial charge in [0, 0.05) is 0 Å². The third-order valence-corrected chi connectivity index (χ3v) is 5.59. The maximum absolute atomic E-state index is 11.9. The van der Waals surface area contributed by atoms with E-state index in [-0.39, 0.29) is 49.2 Å². The van der Waals surface area contributed by atoms with E-state index in [1.165, 1.54) is 64.2 Å². The van der Waals surface area contributed by atoms with E-state index in [0.717, 1.165) is 12.8 Å². The second-order valence-corrected chi connectivity index (χ2v) is 8.09. The molecular formula is C20H36CaO3S. The number of rotatable bonds is 15. The molecule has 142 valence electrons. The van der Waals surface area contributed by atoms with E-state index in [0.29, 0.717) is 0 Å². The third kappa shape index (κ3) is 13.2. The fourth-order valence-electron chi connectivity index (χ4n) is 2.77. The molecule has 0 saturated heterocycles. The molecule has 1 aromatic carbocycles. The van der Waals surface area contributed by atoms with Crippen molar-refractivity contribution in [1.29, 1.82) is 0 Å². The molecule has 0 fully saturated rings. The molecule has 0 aromatic heterocycles. The van der Waals surface area contributed by atoms with Crippen LogP contribution in [0.15, 0.2) is 35.2 Å². The van der Waals surface area contributed by atoms with E-state index >= 15 is 0 Å². The first-order valence-electron chi connectivity index (χ1n) is 9.61. The van der Waals surface area contributed by atoms with Gasteiger partial charge in [0.25, 0.3) is 10.1 Å². The molecule has 0 amide bonds. The van der Waals surface area contributed by atoms with Gasteiger partial charge in [-0.1, -0.05) is 95.8 Å². The Labute approximate surface area is 185 Å². The van der Waals surface area contributed by atoms with Crippen molar-refractivity contribution >= 4 is 47.9 Å². The summed E-state index contributed by atoms with van der Waals surface area (Å²) in [6.07, 6.45) is 15.1. The van der Waals surface area contributed by atoms with Gasteiger partial charge in [0.1, 0.15) is 0 Å². The van der Waals surface area contributed by atoms with Crippen LogP contribution in [-0.2, 0) is 14.3 Å². The Morgan fingerprint density at radius 2 is 1.16 bits per heavy atom. The average Bonchev–Trinajstić information content (AvgIpc) is 2.60. The van der Waals surface area contributed by atoms with Gasteiger partial charge in [0.15, 0.2) is 0 Å². The summed E-state index contributed by atoms with van der Waals surface area (Å²) >= 11 is 0. The van der Waals surface area contributed by atoms with Crippen LogP contribution in [0, 0.1) is 0 Å². The Hall–Kier alpha value is 0.390. The van der Waals surface area contributed by atoms with Gasteiger partial charge in [0.2, 0.25) is 0 Å². The molecular weight excluding hydrogens is 360 g/mol. The Morgan fingerprint density at radius 1 is 0.720 bits per heavy atom. The van der Waals surface area contributed by atoms with Crippen LogP contribution in [-0.4, -0.2) is 52.8 Å². The van der Waals surface area contributed by atoms with Crippen LogP contribution in [0.3, 0.4) is 0 Å². The Bertz CT molecular complexity index is 503. The van der Waals surface area contributed by atoms with Crippen molar-refractivity contribution < 1.29 is 12.6 Å². The molecule has 0 heterocycles.